The van der Waals surface area contributed by atoms with E-state index in [2.05, 4.69) is 5.32 Å². The summed E-state index contributed by atoms with van der Waals surface area (Å²) in [6, 6.07) is 6.48. The van der Waals surface area contributed by atoms with Gasteiger partial charge in [0.15, 0.2) is 0 Å². The van der Waals surface area contributed by atoms with Crippen molar-refractivity contribution in [2.75, 3.05) is 7.05 Å². The van der Waals surface area contributed by atoms with Crippen LogP contribution in [0.4, 0.5) is 0 Å². The van der Waals surface area contributed by atoms with Crippen molar-refractivity contribution in [3.8, 4) is 0 Å². The zero-order valence-electron chi connectivity index (χ0n) is 15.0. The number of amides is 1. The molecule has 0 radical (unpaired) electrons. The monoisotopic (exact) mass is 389 g/mol. The maximum Gasteiger partial charge on any atom is 0.243 e. The van der Waals surface area contributed by atoms with Gasteiger partial charge in [-0.05, 0) is 44.4 Å². The Morgan fingerprint density at radius 1 is 1.24 bits per heavy atom. The van der Waals surface area contributed by atoms with Crippen LogP contribution in [0, 0.1) is 0 Å². The van der Waals surface area contributed by atoms with Crippen molar-refractivity contribution in [1.82, 2.24) is 9.62 Å². The lowest BCUT2D eigenvalue weighted by molar-refractivity contribution is -0.126. The second-order valence-electron chi connectivity index (χ2n) is 6.80. The molecule has 142 valence electrons. The van der Waals surface area contributed by atoms with Crippen LogP contribution in [0.5, 0.6) is 0 Å². The van der Waals surface area contributed by atoms with Crippen molar-refractivity contribution >= 4 is 28.3 Å². The molecule has 0 atom stereocenters. The molecule has 1 saturated carbocycles. The first-order valence-corrected chi connectivity index (χ1v) is 9.75. The van der Waals surface area contributed by atoms with E-state index in [4.69, 9.17) is 5.73 Å². The number of hydrogen-bond donors (Lipinski definition) is 2. The molecule has 1 aliphatic carbocycles. The number of halogens is 1. The second-order valence-corrected chi connectivity index (χ2v) is 8.80. The molecule has 6 nitrogen and oxygen atoms in total. The molecule has 25 heavy (non-hydrogen) atoms. The number of carbonyl (C=O) groups is 1. The fourth-order valence-corrected chi connectivity index (χ4v) is 4.18. The van der Waals surface area contributed by atoms with Crippen LogP contribution in [0.3, 0.4) is 0 Å². The van der Waals surface area contributed by atoms with Crippen LogP contribution in [-0.2, 0) is 21.4 Å². The topological polar surface area (TPSA) is 92.5 Å². The summed E-state index contributed by atoms with van der Waals surface area (Å²) in [6.07, 6.45) is 3.41. The number of nitrogens with zero attached hydrogens (tertiary/aromatic N) is 1. The van der Waals surface area contributed by atoms with Crippen molar-refractivity contribution in [2.24, 2.45) is 5.73 Å². The SMILES string of the molecule is CC(C)N(C)S(=O)(=O)c1ccc(CNC(=O)C2(N)CCCC2)cc1.Cl. The van der Waals surface area contributed by atoms with Crippen LogP contribution in [-0.4, -0.2) is 37.3 Å². The molecular formula is C17H28ClN3O3S. The predicted octanol–water partition coefficient (Wildman–Crippen LogP) is 2.02. The number of nitrogens with one attached hydrogen (secondary N) is 1. The predicted molar refractivity (Wildman–Crippen MR) is 101 cm³/mol. The van der Waals surface area contributed by atoms with Gasteiger partial charge in [0.1, 0.15) is 0 Å². The standard InChI is InChI=1S/C17H27N3O3S.ClH/c1-13(2)20(3)24(22,23)15-8-6-14(7-9-15)12-19-16(21)17(18)10-4-5-11-17;/h6-9,13H,4-5,10-12,18H2,1-3H3,(H,19,21);1H. The van der Waals surface area contributed by atoms with Crippen molar-refractivity contribution in [3.63, 3.8) is 0 Å². The Hall–Kier alpha value is -1.15. The Kier molecular flexibility index (Phi) is 7.43. The first-order chi connectivity index (χ1) is 11.2. The summed E-state index contributed by atoms with van der Waals surface area (Å²) in [5.41, 5.74) is 6.21. The van der Waals surface area contributed by atoms with E-state index in [0.29, 0.717) is 6.54 Å². The molecule has 1 amide bonds. The fraction of sp³-hybridized carbons (Fsp3) is 0.588. The van der Waals surface area contributed by atoms with Crippen molar-refractivity contribution in [3.05, 3.63) is 29.8 Å². The van der Waals surface area contributed by atoms with Gasteiger partial charge in [-0.3, -0.25) is 4.79 Å². The molecule has 1 fully saturated rings. The van der Waals surface area contributed by atoms with Crippen LogP contribution in [0.2, 0.25) is 0 Å². The minimum absolute atomic E-state index is 0. The maximum absolute atomic E-state index is 12.4. The number of nitrogens with two attached hydrogens (primary N) is 1. The van der Waals surface area contributed by atoms with Crippen molar-refractivity contribution < 1.29 is 13.2 Å². The van der Waals surface area contributed by atoms with Gasteiger partial charge in [0.05, 0.1) is 10.4 Å². The van der Waals surface area contributed by atoms with Gasteiger partial charge in [-0.25, -0.2) is 8.42 Å². The molecule has 0 aromatic heterocycles. The molecule has 1 aromatic carbocycles. The van der Waals surface area contributed by atoms with Crippen LogP contribution in [0.15, 0.2) is 29.2 Å². The normalized spacial score (nSPS) is 16.7. The van der Waals surface area contributed by atoms with Gasteiger partial charge in [0, 0.05) is 19.6 Å². The van der Waals surface area contributed by atoms with Gasteiger partial charge in [0.2, 0.25) is 15.9 Å². The third kappa shape index (κ3) is 4.94. The lowest BCUT2D eigenvalue weighted by atomic mass is 9.98. The van der Waals surface area contributed by atoms with Crippen LogP contribution in [0.25, 0.3) is 0 Å². The summed E-state index contributed by atoms with van der Waals surface area (Å²) < 4.78 is 26.1. The Labute approximate surface area is 156 Å². The zero-order valence-corrected chi connectivity index (χ0v) is 16.6. The largest absolute Gasteiger partial charge is 0.350 e. The van der Waals surface area contributed by atoms with Gasteiger partial charge in [-0.15, -0.1) is 12.4 Å². The third-order valence-corrected chi connectivity index (χ3v) is 6.78. The summed E-state index contributed by atoms with van der Waals surface area (Å²) in [7, 11) is -1.92. The van der Waals surface area contributed by atoms with Gasteiger partial charge in [0.25, 0.3) is 0 Å². The highest BCUT2D eigenvalue weighted by atomic mass is 35.5. The molecule has 0 spiro atoms. The summed E-state index contributed by atoms with van der Waals surface area (Å²) in [4.78, 5) is 12.4. The van der Waals surface area contributed by atoms with E-state index in [1.807, 2.05) is 13.8 Å². The highest BCUT2D eigenvalue weighted by Gasteiger charge is 2.36. The molecular weight excluding hydrogens is 362 g/mol. The van der Waals surface area contributed by atoms with Gasteiger partial charge >= 0.3 is 0 Å². The second kappa shape index (κ2) is 8.49. The van der Waals surface area contributed by atoms with Crippen LogP contribution >= 0.6 is 12.4 Å². The van der Waals surface area contributed by atoms with Gasteiger partial charge in [-0.1, -0.05) is 25.0 Å². The molecule has 1 aliphatic rings. The Morgan fingerprint density at radius 3 is 2.24 bits per heavy atom. The summed E-state index contributed by atoms with van der Waals surface area (Å²) in [5, 5.41) is 2.86. The van der Waals surface area contributed by atoms with Gasteiger partial charge in [-0.2, -0.15) is 4.31 Å². The maximum atomic E-state index is 12.4. The summed E-state index contributed by atoms with van der Waals surface area (Å²) in [6.45, 7) is 4.00. The quantitative estimate of drug-likeness (QED) is 0.778. The smallest absolute Gasteiger partial charge is 0.243 e. The van der Waals surface area contributed by atoms with Crippen LogP contribution in [0.1, 0.15) is 45.1 Å². The molecule has 1 aromatic rings. The number of benzene rings is 1. The molecule has 2 rings (SSSR count). The van der Waals surface area contributed by atoms with E-state index < -0.39 is 15.6 Å². The average Bonchev–Trinajstić information content (AvgIpc) is 3.00. The van der Waals surface area contributed by atoms with E-state index in [0.717, 1.165) is 31.2 Å². The third-order valence-electron chi connectivity index (χ3n) is 4.73. The van der Waals surface area contributed by atoms with E-state index >= 15 is 0 Å². The first-order valence-electron chi connectivity index (χ1n) is 8.31. The lowest BCUT2D eigenvalue weighted by Crippen LogP contribution is -2.51. The Morgan fingerprint density at radius 2 is 1.76 bits per heavy atom. The highest BCUT2D eigenvalue weighted by molar-refractivity contribution is 7.89. The summed E-state index contributed by atoms with van der Waals surface area (Å²) >= 11 is 0. The molecule has 0 aliphatic heterocycles. The average molecular weight is 390 g/mol. The Balaban J connectivity index is 0.00000312. The highest BCUT2D eigenvalue weighted by Crippen LogP contribution is 2.27. The number of carbonyl (C=O) groups excluding carboxylic acids is 1. The van der Waals surface area contributed by atoms with E-state index in [9.17, 15) is 13.2 Å². The van der Waals surface area contributed by atoms with Crippen molar-refractivity contribution in [2.45, 2.75) is 62.6 Å². The Bertz CT molecular complexity index is 684. The fourth-order valence-electron chi connectivity index (χ4n) is 2.81. The van der Waals surface area contributed by atoms with Gasteiger partial charge < -0.3 is 11.1 Å². The molecule has 8 heteroatoms. The lowest BCUT2D eigenvalue weighted by Gasteiger charge is -2.22. The van der Waals surface area contributed by atoms with Crippen molar-refractivity contribution in [1.29, 1.82) is 0 Å². The minimum atomic E-state index is -3.48. The van der Waals surface area contributed by atoms with E-state index in [1.54, 1.807) is 31.3 Å². The number of sulfonamides is 1. The number of hydrogen-bond acceptors (Lipinski definition) is 4. The summed E-state index contributed by atoms with van der Waals surface area (Å²) in [5.74, 6) is -0.128. The minimum Gasteiger partial charge on any atom is -0.350 e. The molecule has 0 saturated heterocycles. The van der Waals surface area contributed by atoms with Crippen LogP contribution < -0.4 is 11.1 Å². The molecule has 3 N–H and O–H groups in total. The molecule has 0 unspecified atom stereocenters. The first kappa shape index (κ1) is 21.9. The van der Waals surface area contributed by atoms with E-state index in [-0.39, 0.29) is 29.3 Å². The number of rotatable bonds is 6. The van der Waals surface area contributed by atoms with E-state index in [1.165, 1.54) is 4.31 Å². The zero-order chi connectivity index (χ0) is 18.0. The molecule has 0 bridgehead atoms. The molecule has 0 heterocycles.